The van der Waals surface area contributed by atoms with Crippen LogP contribution in [0.25, 0.3) is 0 Å². The number of rotatable bonds is 6. The molecule has 4 bridgehead atoms. The highest BCUT2D eigenvalue weighted by Crippen LogP contribution is 2.57. The normalized spacial score (nSPS) is 38.9. The van der Waals surface area contributed by atoms with Gasteiger partial charge in [-0.2, -0.15) is 0 Å². The maximum atomic E-state index is 12.3. The summed E-state index contributed by atoms with van der Waals surface area (Å²) in [5.41, 5.74) is -1.42. The summed E-state index contributed by atoms with van der Waals surface area (Å²) < 4.78 is 5.55. The van der Waals surface area contributed by atoms with E-state index in [9.17, 15) is 14.7 Å². The van der Waals surface area contributed by atoms with E-state index in [1.54, 1.807) is 0 Å². The Hall–Kier alpha value is -0.900. The first-order valence-electron chi connectivity index (χ1n) is 9.16. The van der Waals surface area contributed by atoms with E-state index in [2.05, 4.69) is 0 Å². The van der Waals surface area contributed by atoms with Crippen LogP contribution in [-0.4, -0.2) is 29.6 Å². The van der Waals surface area contributed by atoms with Crippen LogP contribution in [0.2, 0.25) is 0 Å². The van der Waals surface area contributed by atoms with Crippen molar-refractivity contribution >= 4 is 11.8 Å². The molecule has 0 aromatic carbocycles. The first-order chi connectivity index (χ1) is 10.8. The second-order valence-corrected chi connectivity index (χ2v) is 8.59. The molecule has 23 heavy (non-hydrogen) atoms. The summed E-state index contributed by atoms with van der Waals surface area (Å²) in [6.45, 7) is 4.24. The molecular weight excluding hydrogens is 292 g/mol. The summed E-state index contributed by atoms with van der Waals surface area (Å²) in [5, 5.41) is 9.40. The van der Waals surface area contributed by atoms with Gasteiger partial charge in [0.2, 0.25) is 0 Å². The Balaban J connectivity index is 1.58. The smallest absolute Gasteiger partial charge is 0.321 e. The molecule has 0 aliphatic heterocycles. The Morgan fingerprint density at radius 3 is 2.09 bits per heavy atom. The fraction of sp³-hybridized carbons (Fsp3) is 0.895. The van der Waals surface area contributed by atoms with Crippen molar-refractivity contribution in [2.45, 2.75) is 65.4 Å². The largest absolute Gasteiger partial charge is 0.462 e. The molecule has 4 fully saturated rings. The summed E-state index contributed by atoms with van der Waals surface area (Å²) in [5.74, 6) is 3.26. The monoisotopic (exact) mass is 322 g/mol. The molecule has 0 spiro atoms. The van der Waals surface area contributed by atoms with Crippen LogP contribution >= 0.6 is 0 Å². The molecule has 4 heteroatoms. The quantitative estimate of drug-likeness (QED) is 0.603. The topological polar surface area (TPSA) is 63.6 Å². The van der Waals surface area contributed by atoms with Gasteiger partial charge in [0.15, 0.2) is 0 Å². The van der Waals surface area contributed by atoms with E-state index in [0.717, 1.165) is 30.1 Å². The molecule has 0 amide bonds. The molecule has 4 aliphatic carbocycles. The zero-order valence-corrected chi connectivity index (χ0v) is 14.6. The standard InChI is InChI=1S/C19H30O4/c1-11(23-18(22)19(3,10-20)12(2)21)4-17-15-6-13-5-14(8-15)9-16(17)7-13/h11,13-17,20H,4-10H2,1-3H3. The average Bonchev–Trinajstić information content (AvgIpc) is 2.48. The number of ketones is 1. The fourth-order valence-electron chi connectivity index (χ4n) is 5.49. The van der Waals surface area contributed by atoms with E-state index in [0.29, 0.717) is 5.92 Å². The van der Waals surface area contributed by atoms with Crippen LogP contribution < -0.4 is 0 Å². The predicted molar refractivity (Wildman–Crippen MR) is 86.6 cm³/mol. The van der Waals surface area contributed by atoms with Crippen LogP contribution in [0.4, 0.5) is 0 Å². The van der Waals surface area contributed by atoms with E-state index in [1.165, 1.54) is 46.0 Å². The minimum absolute atomic E-state index is 0.185. The number of carbonyl (C=O) groups is 2. The lowest BCUT2D eigenvalue weighted by Gasteiger charge is -2.55. The van der Waals surface area contributed by atoms with Crippen molar-refractivity contribution in [3.05, 3.63) is 0 Å². The number of esters is 1. The second kappa shape index (κ2) is 6.19. The van der Waals surface area contributed by atoms with Crippen LogP contribution in [0.3, 0.4) is 0 Å². The van der Waals surface area contributed by atoms with Crippen LogP contribution in [-0.2, 0) is 14.3 Å². The van der Waals surface area contributed by atoms with Gasteiger partial charge in [-0.25, -0.2) is 0 Å². The van der Waals surface area contributed by atoms with Crippen molar-refractivity contribution in [1.29, 1.82) is 0 Å². The highest BCUT2D eigenvalue weighted by Gasteiger charge is 2.48. The number of carbonyl (C=O) groups excluding carboxylic acids is 2. The van der Waals surface area contributed by atoms with Crippen molar-refractivity contribution in [2.24, 2.45) is 35.0 Å². The third-order valence-corrected chi connectivity index (χ3v) is 6.88. The van der Waals surface area contributed by atoms with Crippen molar-refractivity contribution in [1.82, 2.24) is 0 Å². The molecule has 0 radical (unpaired) electrons. The molecule has 0 heterocycles. The van der Waals surface area contributed by atoms with Gasteiger partial charge in [0.05, 0.1) is 12.7 Å². The number of hydrogen-bond acceptors (Lipinski definition) is 4. The number of hydrogen-bond donors (Lipinski definition) is 1. The van der Waals surface area contributed by atoms with Gasteiger partial charge in [0.25, 0.3) is 0 Å². The summed E-state index contributed by atoms with van der Waals surface area (Å²) in [6, 6.07) is 0. The predicted octanol–water partition coefficient (Wildman–Crippen LogP) is 2.97. The van der Waals surface area contributed by atoms with Gasteiger partial charge < -0.3 is 9.84 Å². The Kier molecular flexibility index (Phi) is 4.56. The molecule has 0 saturated heterocycles. The summed E-state index contributed by atoms with van der Waals surface area (Å²) >= 11 is 0. The molecule has 0 aromatic rings. The van der Waals surface area contributed by atoms with E-state index in [1.807, 2.05) is 6.92 Å². The SMILES string of the molecule is CC(=O)C(C)(CO)C(=O)OC(C)CC1C2CC3CC(C2)CC1C3. The zero-order chi connectivity index (χ0) is 16.8. The van der Waals surface area contributed by atoms with Crippen molar-refractivity contribution in [2.75, 3.05) is 6.61 Å². The number of aliphatic hydroxyl groups excluding tert-OH is 1. The Morgan fingerprint density at radius 1 is 1.13 bits per heavy atom. The van der Waals surface area contributed by atoms with Crippen molar-refractivity contribution < 1.29 is 19.4 Å². The maximum Gasteiger partial charge on any atom is 0.321 e. The highest BCUT2D eigenvalue weighted by atomic mass is 16.5. The second-order valence-electron chi connectivity index (χ2n) is 8.59. The van der Waals surface area contributed by atoms with Gasteiger partial charge in [0.1, 0.15) is 11.2 Å². The lowest BCUT2D eigenvalue weighted by Crippen LogP contribution is -2.46. The third kappa shape index (κ3) is 3.07. The lowest BCUT2D eigenvalue weighted by atomic mass is 9.51. The average molecular weight is 322 g/mol. The molecule has 2 unspecified atom stereocenters. The van der Waals surface area contributed by atoms with E-state index < -0.39 is 18.0 Å². The minimum Gasteiger partial charge on any atom is -0.462 e. The molecule has 0 aromatic heterocycles. The first-order valence-corrected chi connectivity index (χ1v) is 9.16. The van der Waals surface area contributed by atoms with Crippen LogP contribution in [0.1, 0.15) is 59.3 Å². The minimum atomic E-state index is -1.42. The van der Waals surface area contributed by atoms with Crippen molar-refractivity contribution in [3.8, 4) is 0 Å². The van der Waals surface area contributed by atoms with Gasteiger partial charge >= 0.3 is 5.97 Å². The molecule has 4 saturated carbocycles. The molecule has 130 valence electrons. The van der Waals surface area contributed by atoms with Crippen LogP contribution in [0, 0.1) is 35.0 Å². The number of aliphatic hydroxyl groups is 1. The summed E-state index contributed by atoms with van der Waals surface area (Å²) in [7, 11) is 0. The molecule has 1 N–H and O–H groups in total. The van der Waals surface area contributed by atoms with Crippen LogP contribution in [0.15, 0.2) is 0 Å². The van der Waals surface area contributed by atoms with Gasteiger partial charge in [-0.05, 0) is 88.9 Å². The number of ether oxygens (including phenoxy) is 1. The maximum absolute atomic E-state index is 12.3. The number of Topliss-reactive ketones (excluding diaryl/α,β-unsaturated/α-hetero) is 1. The Labute approximate surface area is 139 Å². The molecular formula is C19H30O4. The van der Waals surface area contributed by atoms with Crippen LogP contribution in [0.5, 0.6) is 0 Å². The van der Waals surface area contributed by atoms with Gasteiger partial charge in [-0.1, -0.05) is 0 Å². The molecule has 4 rings (SSSR count). The zero-order valence-electron chi connectivity index (χ0n) is 14.6. The molecule has 4 nitrogen and oxygen atoms in total. The van der Waals surface area contributed by atoms with Gasteiger partial charge in [-0.15, -0.1) is 0 Å². The molecule has 2 atom stereocenters. The van der Waals surface area contributed by atoms with Gasteiger partial charge in [-0.3, -0.25) is 9.59 Å². The highest BCUT2D eigenvalue weighted by molar-refractivity contribution is 6.02. The van der Waals surface area contributed by atoms with E-state index >= 15 is 0 Å². The molecule has 4 aliphatic rings. The van der Waals surface area contributed by atoms with Crippen molar-refractivity contribution in [3.63, 3.8) is 0 Å². The summed E-state index contributed by atoms with van der Waals surface area (Å²) in [4.78, 5) is 23.9. The first kappa shape index (κ1) is 16.9. The Morgan fingerprint density at radius 2 is 1.65 bits per heavy atom. The van der Waals surface area contributed by atoms with E-state index in [4.69, 9.17) is 4.74 Å². The fourth-order valence-corrected chi connectivity index (χ4v) is 5.49. The summed E-state index contributed by atoms with van der Waals surface area (Å²) in [6.07, 6.45) is 7.60. The Bertz CT molecular complexity index is 458. The lowest BCUT2D eigenvalue weighted by molar-refractivity contribution is -0.167. The van der Waals surface area contributed by atoms with Gasteiger partial charge in [0, 0.05) is 0 Å². The third-order valence-electron chi connectivity index (χ3n) is 6.88. The van der Waals surface area contributed by atoms with E-state index in [-0.39, 0.29) is 11.9 Å².